The molecule has 1 heterocycles. The number of hydrogen-bond acceptors (Lipinski definition) is 1. The average Bonchev–Trinajstić information content (AvgIpc) is 1.77. The molecule has 0 aromatic rings. The molecule has 0 aromatic carbocycles. The van der Waals surface area contributed by atoms with Gasteiger partial charge in [-0.1, -0.05) is 12.8 Å². The fourth-order valence-electron chi connectivity index (χ4n) is 1.06. The van der Waals surface area contributed by atoms with Gasteiger partial charge in [0, 0.05) is 0 Å². The largest absolute Gasteiger partial charge is 2.00 e. The SMILES string of the molecule is [CH2-]C1CCN(C)CC1.[W+2]. The molecule has 0 aliphatic carbocycles. The summed E-state index contributed by atoms with van der Waals surface area (Å²) in [6.45, 7) is 6.49. The molecule has 1 nitrogen and oxygen atoms in total. The van der Waals surface area contributed by atoms with Crippen LogP contribution in [0, 0.1) is 12.8 Å². The molecule has 2 heteroatoms. The molecule has 0 unspecified atom stereocenters. The van der Waals surface area contributed by atoms with Gasteiger partial charge in [-0.3, -0.25) is 0 Å². The predicted octanol–water partition coefficient (Wildman–Crippen LogP) is 1.16. The first-order valence-corrected chi connectivity index (χ1v) is 3.30. The first-order valence-electron chi connectivity index (χ1n) is 3.30. The van der Waals surface area contributed by atoms with Crippen molar-refractivity contribution in [2.45, 2.75) is 12.8 Å². The number of likely N-dealkylation sites (tertiary alicyclic amines) is 1. The van der Waals surface area contributed by atoms with Crippen LogP contribution in [0.3, 0.4) is 0 Å². The molecular formula is C7H14NW+. The van der Waals surface area contributed by atoms with E-state index in [1.165, 1.54) is 25.9 Å². The number of nitrogens with zero attached hydrogens (tertiary/aromatic N) is 1. The molecule has 0 saturated carbocycles. The summed E-state index contributed by atoms with van der Waals surface area (Å²) in [6.07, 6.45) is 2.58. The van der Waals surface area contributed by atoms with E-state index in [4.69, 9.17) is 0 Å². The Kier molecular flexibility index (Phi) is 4.78. The van der Waals surface area contributed by atoms with Crippen molar-refractivity contribution in [3.8, 4) is 0 Å². The maximum atomic E-state index is 4.01. The summed E-state index contributed by atoms with van der Waals surface area (Å²) < 4.78 is 0. The molecule has 0 amide bonds. The van der Waals surface area contributed by atoms with Crippen molar-refractivity contribution in [3.63, 3.8) is 0 Å². The quantitative estimate of drug-likeness (QED) is 0.606. The summed E-state index contributed by atoms with van der Waals surface area (Å²) in [5.74, 6) is 0.728. The van der Waals surface area contributed by atoms with E-state index in [9.17, 15) is 0 Å². The number of rotatable bonds is 0. The topological polar surface area (TPSA) is 3.24 Å². The van der Waals surface area contributed by atoms with E-state index in [1.54, 1.807) is 0 Å². The van der Waals surface area contributed by atoms with Crippen LogP contribution < -0.4 is 0 Å². The maximum absolute atomic E-state index is 4.01. The summed E-state index contributed by atoms with van der Waals surface area (Å²) in [4.78, 5) is 2.36. The van der Waals surface area contributed by atoms with Crippen LogP contribution in [0.4, 0.5) is 0 Å². The summed E-state index contributed by atoms with van der Waals surface area (Å²) in [5.41, 5.74) is 0. The molecule has 0 bridgehead atoms. The summed E-state index contributed by atoms with van der Waals surface area (Å²) in [5, 5.41) is 0. The van der Waals surface area contributed by atoms with Crippen LogP contribution in [0.25, 0.3) is 0 Å². The zero-order chi connectivity index (χ0) is 5.98. The molecule has 0 atom stereocenters. The van der Waals surface area contributed by atoms with Gasteiger partial charge in [-0.05, 0) is 20.1 Å². The normalized spacial score (nSPS) is 23.3. The van der Waals surface area contributed by atoms with E-state index in [0.29, 0.717) is 0 Å². The minimum Gasteiger partial charge on any atom is -0.340 e. The van der Waals surface area contributed by atoms with Crippen LogP contribution in [0.2, 0.25) is 0 Å². The Bertz CT molecular complexity index is 57.3. The molecule has 1 aliphatic rings. The van der Waals surface area contributed by atoms with Crippen LogP contribution >= 0.6 is 0 Å². The first kappa shape index (κ1) is 9.65. The monoisotopic (exact) mass is 296 g/mol. The third-order valence-electron chi connectivity index (χ3n) is 1.84. The van der Waals surface area contributed by atoms with Crippen molar-refractivity contribution < 1.29 is 21.1 Å². The van der Waals surface area contributed by atoms with Crippen molar-refractivity contribution in [2.24, 2.45) is 5.92 Å². The third-order valence-corrected chi connectivity index (χ3v) is 1.84. The standard InChI is InChI=1S/C7H14N.W/c1-7-3-5-8(2)6-4-7;/h7H,1,3-6H2,2H3;/q-1;+2. The molecule has 1 aliphatic heterocycles. The Morgan fingerprint density at radius 3 is 2.11 bits per heavy atom. The Balaban J connectivity index is 0.000000640. The molecular weight excluding hydrogens is 282 g/mol. The molecule has 0 N–H and O–H groups in total. The van der Waals surface area contributed by atoms with E-state index in [0.717, 1.165) is 5.92 Å². The molecule has 0 aromatic heterocycles. The van der Waals surface area contributed by atoms with Crippen LogP contribution in [0.15, 0.2) is 0 Å². The van der Waals surface area contributed by atoms with Gasteiger partial charge in [0.2, 0.25) is 0 Å². The Morgan fingerprint density at radius 1 is 1.33 bits per heavy atom. The Hall–Kier alpha value is 0.648. The third kappa shape index (κ3) is 3.37. The fraction of sp³-hybridized carbons (Fsp3) is 0.857. The minimum absolute atomic E-state index is 0. The van der Waals surface area contributed by atoms with Gasteiger partial charge >= 0.3 is 21.1 Å². The van der Waals surface area contributed by atoms with Crippen LogP contribution in [-0.4, -0.2) is 25.0 Å². The molecule has 0 spiro atoms. The second-order valence-corrected chi connectivity index (χ2v) is 2.75. The van der Waals surface area contributed by atoms with Gasteiger partial charge in [0.25, 0.3) is 0 Å². The van der Waals surface area contributed by atoms with E-state index < -0.39 is 0 Å². The van der Waals surface area contributed by atoms with Gasteiger partial charge in [0.05, 0.1) is 0 Å². The summed E-state index contributed by atoms with van der Waals surface area (Å²) in [7, 11) is 2.17. The molecule has 0 radical (unpaired) electrons. The maximum Gasteiger partial charge on any atom is 2.00 e. The number of hydrogen-bond donors (Lipinski definition) is 0. The van der Waals surface area contributed by atoms with Gasteiger partial charge in [-0.15, -0.1) is 0 Å². The second-order valence-electron chi connectivity index (χ2n) is 2.75. The molecule has 1 rings (SSSR count). The molecule has 9 heavy (non-hydrogen) atoms. The first-order chi connectivity index (χ1) is 3.79. The summed E-state index contributed by atoms with van der Waals surface area (Å²) in [6, 6.07) is 0. The Labute approximate surface area is 72.1 Å². The van der Waals surface area contributed by atoms with Gasteiger partial charge in [-0.2, -0.15) is 5.92 Å². The molecule has 1 fully saturated rings. The smallest absolute Gasteiger partial charge is 0.340 e. The second kappa shape index (κ2) is 4.46. The van der Waals surface area contributed by atoms with Gasteiger partial charge in [0.1, 0.15) is 0 Å². The zero-order valence-electron chi connectivity index (χ0n) is 5.97. The minimum atomic E-state index is 0. The van der Waals surface area contributed by atoms with Crippen LogP contribution in [-0.2, 0) is 21.1 Å². The van der Waals surface area contributed by atoms with Gasteiger partial charge < -0.3 is 11.8 Å². The average molecular weight is 296 g/mol. The fourth-order valence-corrected chi connectivity index (χ4v) is 1.06. The van der Waals surface area contributed by atoms with Crippen molar-refractivity contribution in [2.75, 3.05) is 20.1 Å². The van der Waals surface area contributed by atoms with Crippen molar-refractivity contribution in [1.82, 2.24) is 4.90 Å². The van der Waals surface area contributed by atoms with Crippen molar-refractivity contribution in [3.05, 3.63) is 6.92 Å². The van der Waals surface area contributed by atoms with Gasteiger partial charge in [-0.25, -0.2) is 0 Å². The van der Waals surface area contributed by atoms with Crippen LogP contribution in [0.1, 0.15) is 12.8 Å². The van der Waals surface area contributed by atoms with E-state index in [2.05, 4.69) is 18.9 Å². The van der Waals surface area contributed by atoms with E-state index in [1.807, 2.05) is 0 Å². The Morgan fingerprint density at radius 2 is 1.78 bits per heavy atom. The van der Waals surface area contributed by atoms with Crippen molar-refractivity contribution in [1.29, 1.82) is 0 Å². The summed E-state index contributed by atoms with van der Waals surface area (Å²) >= 11 is 0. The predicted molar refractivity (Wildman–Crippen MR) is 35.6 cm³/mol. The van der Waals surface area contributed by atoms with E-state index >= 15 is 0 Å². The molecule has 52 valence electrons. The van der Waals surface area contributed by atoms with Gasteiger partial charge in [0.15, 0.2) is 0 Å². The van der Waals surface area contributed by atoms with Crippen LogP contribution in [0.5, 0.6) is 0 Å². The zero-order valence-corrected chi connectivity index (χ0v) is 8.90. The molecule has 1 saturated heterocycles. The van der Waals surface area contributed by atoms with E-state index in [-0.39, 0.29) is 21.1 Å². The van der Waals surface area contributed by atoms with Crippen molar-refractivity contribution >= 4 is 0 Å². The number of piperidine rings is 1.